The van der Waals surface area contributed by atoms with E-state index in [9.17, 15) is 4.39 Å². The Balaban J connectivity index is 1.44. The Hall–Kier alpha value is -3.21. The minimum atomic E-state index is -0.528. The third-order valence-corrected chi connectivity index (χ3v) is 7.93. The van der Waals surface area contributed by atoms with E-state index in [2.05, 4.69) is 30.6 Å². The summed E-state index contributed by atoms with van der Waals surface area (Å²) in [5, 5.41) is 8.45. The van der Waals surface area contributed by atoms with E-state index < -0.39 is 5.60 Å². The number of hydrogen-bond acceptors (Lipinski definition) is 3. The van der Waals surface area contributed by atoms with Crippen LogP contribution in [-0.2, 0) is 16.9 Å². The summed E-state index contributed by atoms with van der Waals surface area (Å²) in [6, 6.07) is 14.7. The molecular formula is C27H26FN3O. The van der Waals surface area contributed by atoms with Crippen molar-refractivity contribution in [2.45, 2.75) is 45.3 Å². The molecule has 6 rings (SSSR count). The minimum absolute atomic E-state index is 0.0987. The zero-order chi connectivity index (χ0) is 22.1. The molecule has 32 heavy (non-hydrogen) atoms. The molecule has 0 unspecified atom stereocenters. The lowest BCUT2D eigenvalue weighted by Gasteiger charge is -2.51. The number of aromatic nitrogens is 2. The molecular weight excluding hydrogens is 401 g/mol. The van der Waals surface area contributed by atoms with E-state index in [-0.39, 0.29) is 23.0 Å². The van der Waals surface area contributed by atoms with E-state index in [1.54, 1.807) is 12.1 Å². The molecule has 3 heterocycles. The number of rotatable bonds is 2. The van der Waals surface area contributed by atoms with Crippen molar-refractivity contribution in [1.82, 2.24) is 9.55 Å². The molecule has 3 aliphatic rings. The second-order valence-corrected chi connectivity index (χ2v) is 9.73. The molecule has 1 aromatic heterocycles. The van der Waals surface area contributed by atoms with E-state index in [1.807, 2.05) is 24.5 Å². The van der Waals surface area contributed by atoms with Crippen molar-refractivity contribution >= 4 is 12.0 Å². The molecule has 2 aliphatic heterocycles. The summed E-state index contributed by atoms with van der Waals surface area (Å²) < 4.78 is 22.0. The van der Waals surface area contributed by atoms with Crippen molar-refractivity contribution in [2.75, 3.05) is 0 Å². The second kappa shape index (κ2) is 6.64. The van der Waals surface area contributed by atoms with Gasteiger partial charge in [0, 0.05) is 34.6 Å². The van der Waals surface area contributed by atoms with Gasteiger partial charge in [-0.25, -0.2) is 9.37 Å². The zero-order valence-electron chi connectivity index (χ0n) is 18.4. The standard InChI is InChI=1S/C27H26FN3O/c1-26-15-31-16-30-24(17-10-12-19(28)13-11-17)22(31)14-18(26)6-5-9-23(26)27(2)21-8-4-3-7-20(21)25(29)32-27/h3-4,7-8,10-14,16,23,29H,5-6,9,15H2,1-2H3/t23-,26-,27+/m0/s1. The summed E-state index contributed by atoms with van der Waals surface area (Å²) in [4.78, 5) is 4.71. The third kappa shape index (κ3) is 2.60. The van der Waals surface area contributed by atoms with E-state index >= 15 is 0 Å². The van der Waals surface area contributed by atoms with Gasteiger partial charge in [-0.05, 0) is 62.6 Å². The van der Waals surface area contributed by atoms with Gasteiger partial charge in [0.05, 0.1) is 17.7 Å². The molecule has 0 saturated heterocycles. The Morgan fingerprint density at radius 2 is 1.91 bits per heavy atom. The van der Waals surface area contributed by atoms with Gasteiger partial charge in [0.2, 0.25) is 5.90 Å². The first-order valence-electron chi connectivity index (χ1n) is 11.3. The molecule has 1 saturated carbocycles. The van der Waals surface area contributed by atoms with Crippen molar-refractivity contribution in [3.8, 4) is 11.3 Å². The van der Waals surface area contributed by atoms with Crippen LogP contribution in [0.5, 0.6) is 0 Å². The van der Waals surface area contributed by atoms with Gasteiger partial charge < -0.3 is 9.30 Å². The third-order valence-electron chi connectivity index (χ3n) is 7.93. The highest BCUT2D eigenvalue weighted by atomic mass is 19.1. The zero-order valence-corrected chi connectivity index (χ0v) is 18.4. The summed E-state index contributed by atoms with van der Waals surface area (Å²) >= 11 is 0. The van der Waals surface area contributed by atoms with Gasteiger partial charge in [0.25, 0.3) is 0 Å². The molecule has 1 fully saturated rings. The first-order valence-corrected chi connectivity index (χ1v) is 11.3. The molecule has 5 heteroatoms. The van der Waals surface area contributed by atoms with Crippen LogP contribution >= 0.6 is 0 Å². The van der Waals surface area contributed by atoms with Gasteiger partial charge in [0.1, 0.15) is 11.4 Å². The van der Waals surface area contributed by atoms with Gasteiger partial charge in [-0.1, -0.05) is 30.7 Å². The van der Waals surface area contributed by atoms with Crippen LogP contribution in [0, 0.1) is 22.6 Å². The Kier molecular flexibility index (Phi) is 4.04. The van der Waals surface area contributed by atoms with Crippen LogP contribution in [0.1, 0.15) is 49.9 Å². The number of halogens is 1. The van der Waals surface area contributed by atoms with Crippen LogP contribution in [0.25, 0.3) is 17.3 Å². The predicted molar refractivity (Wildman–Crippen MR) is 123 cm³/mol. The summed E-state index contributed by atoms with van der Waals surface area (Å²) in [6.07, 6.45) is 7.42. The van der Waals surface area contributed by atoms with E-state index in [4.69, 9.17) is 15.1 Å². The molecule has 0 amide bonds. The summed E-state index contributed by atoms with van der Waals surface area (Å²) in [7, 11) is 0. The molecule has 4 nitrogen and oxygen atoms in total. The van der Waals surface area contributed by atoms with Gasteiger partial charge >= 0.3 is 0 Å². The second-order valence-electron chi connectivity index (χ2n) is 9.73. The van der Waals surface area contributed by atoms with Crippen LogP contribution in [0.4, 0.5) is 4.39 Å². The van der Waals surface area contributed by atoms with Gasteiger partial charge in [-0.15, -0.1) is 0 Å². The average molecular weight is 428 g/mol. The Morgan fingerprint density at radius 1 is 1.12 bits per heavy atom. The maximum atomic E-state index is 13.4. The number of nitrogens with one attached hydrogen (secondary N) is 1. The van der Waals surface area contributed by atoms with Crippen molar-refractivity contribution in [1.29, 1.82) is 5.41 Å². The quantitative estimate of drug-likeness (QED) is 0.532. The molecule has 1 N–H and O–H groups in total. The molecule has 2 aromatic carbocycles. The fraction of sp³-hybridized carbons (Fsp3) is 0.333. The first-order chi connectivity index (χ1) is 15.4. The Morgan fingerprint density at radius 3 is 2.72 bits per heavy atom. The predicted octanol–water partition coefficient (Wildman–Crippen LogP) is 6.16. The highest BCUT2D eigenvalue weighted by Gasteiger charge is 2.56. The lowest BCUT2D eigenvalue weighted by atomic mass is 9.57. The van der Waals surface area contributed by atoms with E-state index in [0.717, 1.165) is 53.9 Å². The van der Waals surface area contributed by atoms with Crippen molar-refractivity contribution in [3.05, 3.63) is 83.1 Å². The van der Waals surface area contributed by atoms with Crippen LogP contribution in [0.15, 0.2) is 60.4 Å². The van der Waals surface area contributed by atoms with Gasteiger partial charge in [-0.3, -0.25) is 5.41 Å². The average Bonchev–Trinajstić information content (AvgIpc) is 3.30. The SMILES string of the molecule is C[C@]12Cn3cnc(-c4ccc(F)cc4)c3C=C1CCC[C@@H]2[C@]1(C)OC(=N)c2ccccc21. The maximum Gasteiger partial charge on any atom is 0.214 e. The molecule has 0 spiro atoms. The summed E-state index contributed by atoms with van der Waals surface area (Å²) in [6.45, 7) is 5.34. The summed E-state index contributed by atoms with van der Waals surface area (Å²) in [5.74, 6) is 0.280. The maximum absolute atomic E-state index is 13.4. The number of ether oxygens (including phenoxy) is 1. The molecule has 3 atom stereocenters. The van der Waals surface area contributed by atoms with Gasteiger partial charge in [-0.2, -0.15) is 0 Å². The van der Waals surface area contributed by atoms with Crippen LogP contribution in [0.3, 0.4) is 0 Å². The number of benzene rings is 2. The number of hydrogen-bond donors (Lipinski definition) is 1. The Bertz CT molecular complexity index is 1270. The summed E-state index contributed by atoms with van der Waals surface area (Å²) in [5.41, 5.74) is 5.76. The number of fused-ring (bicyclic) bond motifs is 3. The van der Waals surface area contributed by atoms with Crippen molar-refractivity contribution in [2.24, 2.45) is 11.3 Å². The highest BCUT2D eigenvalue weighted by molar-refractivity contribution is 5.96. The topological polar surface area (TPSA) is 50.9 Å². The normalized spacial score (nSPS) is 28.4. The lowest BCUT2D eigenvalue weighted by Crippen LogP contribution is -2.49. The van der Waals surface area contributed by atoms with E-state index in [1.165, 1.54) is 17.7 Å². The number of allylic oxidation sites excluding steroid dienone is 1. The first kappa shape index (κ1) is 19.5. The largest absolute Gasteiger partial charge is 0.466 e. The number of imidazole rings is 1. The molecule has 0 radical (unpaired) electrons. The van der Waals surface area contributed by atoms with Crippen LogP contribution < -0.4 is 0 Å². The van der Waals surface area contributed by atoms with Crippen LogP contribution in [-0.4, -0.2) is 15.4 Å². The highest BCUT2D eigenvalue weighted by Crippen LogP contribution is 2.58. The van der Waals surface area contributed by atoms with Crippen molar-refractivity contribution < 1.29 is 9.13 Å². The van der Waals surface area contributed by atoms with Crippen LogP contribution in [0.2, 0.25) is 0 Å². The molecule has 3 aromatic rings. The molecule has 0 bridgehead atoms. The smallest absolute Gasteiger partial charge is 0.214 e. The van der Waals surface area contributed by atoms with Gasteiger partial charge in [0.15, 0.2) is 0 Å². The number of nitrogens with zero attached hydrogens (tertiary/aromatic N) is 2. The minimum Gasteiger partial charge on any atom is -0.466 e. The monoisotopic (exact) mass is 427 g/mol. The lowest BCUT2D eigenvalue weighted by molar-refractivity contribution is -0.0517. The fourth-order valence-corrected chi connectivity index (χ4v) is 6.37. The van der Waals surface area contributed by atoms with E-state index in [0.29, 0.717) is 0 Å². The van der Waals surface area contributed by atoms with Crippen molar-refractivity contribution in [3.63, 3.8) is 0 Å². The molecule has 1 aliphatic carbocycles. The Labute approximate surface area is 187 Å². The fourth-order valence-electron chi connectivity index (χ4n) is 6.37. The molecule has 162 valence electrons.